The molecule has 0 heterocycles. The lowest BCUT2D eigenvalue weighted by Gasteiger charge is -2.32. The topological polar surface area (TPSA) is 60.2 Å². The van der Waals surface area contributed by atoms with Crippen molar-refractivity contribution in [3.63, 3.8) is 0 Å². The first-order valence-electron chi connectivity index (χ1n) is 7.07. The molecule has 20 heavy (non-hydrogen) atoms. The molecule has 1 aliphatic carbocycles. The number of allylic oxidation sites excluding steroid dienone is 1. The van der Waals surface area contributed by atoms with E-state index in [0.29, 0.717) is 5.69 Å². The summed E-state index contributed by atoms with van der Waals surface area (Å²) in [5, 5.41) is 1.51. The molecule has 0 bridgehead atoms. The van der Waals surface area contributed by atoms with Gasteiger partial charge in [-0.2, -0.15) is 0 Å². The van der Waals surface area contributed by atoms with Gasteiger partial charge in [-0.15, -0.1) is 0 Å². The predicted octanol–water partition coefficient (Wildman–Crippen LogP) is 3.67. The minimum Gasteiger partial charge on any atom is -0.399 e. The molecule has 0 unspecified atom stereocenters. The lowest BCUT2D eigenvalue weighted by Crippen LogP contribution is -2.20. The van der Waals surface area contributed by atoms with Crippen LogP contribution in [-0.2, 0) is 15.6 Å². The van der Waals surface area contributed by atoms with E-state index in [1.165, 1.54) is 11.8 Å². The lowest BCUT2D eigenvalue weighted by atomic mass is 9.74. The molecular weight excluding hydrogens is 270 g/mol. The van der Waals surface area contributed by atoms with Crippen LogP contribution in [0.3, 0.4) is 0 Å². The molecule has 0 aliphatic heterocycles. The number of nitrogens with two attached hydrogens (primary N) is 1. The Kier molecular flexibility index (Phi) is 4.23. The number of anilines is 1. The minimum atomic E-state index is -3.24. The van der Waals surface area contributed by atoms with E-state index in [9.17, 15) is 8.42 Å². The van der Waals surface area contributed by atoms with Crippen molar-refractivity contribution in [1.29, 1.82) is 0 Å². The molecule has 0 radical (unpaired) electrons. The largest absolute Gasteiger partial charge is 0.399 e. The van der Waals surface area contributed by atoms with Gasteiger partial charge in [-0.25, -0.2) is 8.42 Å². The fourth-order valence-corrected chi connectivity index (χ4v) is 4.37. The van der Waals surface area contributed by atoms with Crippen LogP contribution in [0.15, 0.2) is 35.2 Å². The number of sulfone groups is 1. The molecule has 1 fully saturated rings. The molecule has 0 atom stereocenters. The molecule has 1 aliphatic rings. The van der Waals surface area contributed by atoms with E-state index in [2.05, 4.69) is 13.8 Å². The zero-order chi connectivity index (χ0) is 14.8. The molecule has 110 valence electrons. The smallest absolute Gasteiger partial charge is 0.175 e. The van der Waals surface area contributed by atoms with E-state index >= 15 is 0 Å². The molecule has 1 aromatic rings. The molecule has 0 amide bonds. The van der Waals surface area contributed by atoms with Crippen molar-refractivity contribution in [2.75, 3.05) is 5.73 Å². The van der Waals surface area contributed by atoms with Gasteiger partial charge < -0.3 is 5.73 Å². The number of rotatable bonds is 3. The number of hydrogen-bond donors (Lipinski definition) is 1. The second kappa shape index (κ2) is 5.60. The van der Waals surface area contributed by atoms with Gasteiger partial charge in [-0.05, 0) is 42.4 Å². The van der Waals surface area contributed by atoms with Crippen LogP contribution in [0.1, 0.15) is 45.1 Å². The normalized spacial score (nSPS) is 21.0. The summed E-state index contributed by atoms with van der Waals surface area (Å²) in [5.41, 5.74) is 8.10. The van der Waals surface area contributed by atoms with E-state index in [-0.39, 0.29) is 11.2 Å². The Labute approximate surface area is 121 Å². The third-order valence-corrected chi connectivity index (χ3v) is 5.39. The summed E-state index contributed by atoms with van der Waals surface area (Å²) in [5.74, 6) is 0.0254. The Balaban J connectivity index is 2.22. The molecule has 3 nitrogen and oxygen atoms in total. The average Bonchev–Trinajstić information content (AvgIpc) is 2.31. The summed E-state index contributed by atoms with van der Waals surface area (Å²) >= 11 is 0. The zero-order valence-electron chi connectivity index (χ0n) is 12.2. The first kappa shape index (κ1) is 15.1. The van der Waals surface area contributed by atoms with Crippen LogP contribution in [0.2, 0.25) is 0 Å². The van der Waals surface area contributed by atoms with Crippen molar-refractivity contribution < 1.29 is 8.42 Å². The van der Waals surface area contributed by atoms with E-state index in [1.54, 1.807) is 24.3 Å². The summed E-state index contributed by atoms with van der Waals surface area (Å²) in [6.07, 6.45) is 4.22. The third kappa shape index (κ3) is 3.85. The van der Waals surface area contributed by atoms with Crippen LogP contribution in [0.4, 0.5) is 5.69 Å². The lowest BCUT2D eigenvalue weighted by molar-refractivity contribution is 0.336. The van der Waals surface area contributed by atoms with Gasteiger partial charge in [0.2, 0.25) is 0 Å². The summed E-state index contributed by atoms with van der Waals surface area (Å²) in [6.45, 7) is 4.27. The predicted molar refractivity (Wildman–Crippen MR) is 83.8 cm³/mol. The highest BCUT2D eigenvalue weighted by molar-refractivity contribution is 7.93. The van der Waals surface area contributed by atoms with Gasteiger partial charge >= 0.3 is 0 Å². The number of hydrogen-bond acceptors (Lipinski definition) is 3. The zero-order valence-corrected chi connectivity index (χ0v) is 13.0. The standard InChI is InChI=1S/C16H23NO2S/c1-16(2)9-4-3-7-14(16)12-20(18,19)11-13-6-5-8-15(17)10-13/h5-6,8,10,12H,3-4,7,9,11,17H2,1-2H3/b14-12+. The Bertz CT molecular complexity index is 615. The van der Waals surface area contributed by atoms with Gasteiger partial charge in [0, 0.05) is 11.1 Å². The van der Waals surface area contributed by atoms with E-state index in [0.717, 1.165) is 30.4 Å². The Morgan fingerprint density at radius 1 is 1.30 bits per heavy atom. The Morgan fingerprint density at radius 2 is 2.05 bits per heavy atom. The van der Waals surface area contributed by atoms with Crippen molar-refractivity contribution in [3.05, 3.63) is 40.8 Å². The van der Waals surface area contributed by atoms with Crippen molar-refractivity contribution in [2.45, 2.75) is 45.3 Å². The summed E-state index contributed by atoms with van der Waals surface area (Å²) < 4.78 is 24.7. The SMILES string of the molecule is CC1(C)CCCC/C1=C\S(=O)(=O)Cc1cccc(N)c1. The summed E-state index contributed by atoms with van der Waals surface area (Å²) in [6, 6.07) is 7.08. The highest BCUT2D eigenvalue weighted by atomic mass is 32.2. The fraction of sp³-hybridized carbons (Fsp3) is 0.500. The van der Waals surface area contributed by atoms with Crippen LogP contribution in [0.25, 0.3) is 0 Å². The van der Waals surface area contributed by atoms with E-state index in [4.69, 9.17) is 5.73 Å². The number of nitrogen functional groups attached to an aromatic ring is 1. The van der Waals surface area contributed by atoms with Crippen LogP contribution in [0, 0.1) is 5.41 Å². The number of benzene rings is 1. The van der Waals surface area contributed by atoms with Gasteiger partial charge in [-0.3, -0.25) is 0 Å². The molecular formula is C16H23NO2S. The average molecular weight is 293 g/mol. The molecule has 2 rings (SSSR count). The van der Waals surface area contributed by atoms with Gasteiger partial charge in [-0.1, -0.05) is 38.0 Å². The van der Waals surface area contributed by atoms with Gasteiger partial charge in [0.15, 0.2) is 9.84 Å². The Morgan fingerprint density at radius 3 is 2.70 bits per heavy atom. The first-order valence-corrected chi connectivity index (χ1v) is 8.78. The summed E-state index contributed by atoms with van der Waals surface area (Å²) in [7, 11) is -3.24. The van der Waals surface area contributed by atoms with Crippen molar-refractivity contribution >= 4 is 15.5 Å². The molecule has 0 spiro atoms. The molecule has 4 heteroatoms. The maximum absolute atomic E-state index is 12.4. The Hall–Kier alpha value is -1.29. The highest BCUT2D eigenvalue weighted by Gasteiger charge is 2.28. The summed E-state index contributed by atoms with van der Waals surface area (Å²) in [4.78, 5) is 0. The molecule has 1 aromatic carbocycles. The molecule has 1 saturated carbocycles. The molecule has 0 aromatic heterocycles. The minimum absolute atomic E-state index is 0.00103. The van der Waals surface area contributed by atoms with Gasteiger partial charge in [0.05, 0.1) is 5.75 Å². The van der Waals surface area contributed by atoms with E-state index < -0.39 is 9.84 Å². The van der Waals surface area contributed by atoms with Crippen molar-refractivity contribution in [3.8, 4) is 0 Å². The van der Waals surface area contributed by atoms with Gasteiger partial charge in [0.1, 0.15) is 0 Å². The maximum Gasteiger partial charge on any atom is 0.175 e. The van der Waals surface area contributed by atoms with Crippen LogP contribution in [0.5, 0.6) is 0 Å². The van der Waals surface area contributed by atoms with Crippen LogP contribution in [-0.4, -0.2) is 8.42 Å². The van der Waals surface area contributed by atoms with Crippen molar-refractivity contribution in [2.24, 2.45) is 5.41 Å². The fourth-order valence-electron chi connectivity index (χ4n) is 2.77. The first-order chi connectivity index (χ1) is 9.28. The van der Waals surface area contributed by atoms with Gasteiger partial charge in [0.25, 0.3) is 0 Å². The second-order valence-corrected chi connectivity index (χ2v) is 8.14. The van der Waals surface area contributed by atoms with Crippen LogP contribution < -0.4 is 5.73 Å². The maximum atomic E-state index is 12.4. The molecule has 0 saturated heterocycles. The quantitative estimate of drug-likeness (QED) is 0.865. The third-order valence-electron chi connectivity index (χ3n) is 4.01. The second-order valence-electron chi connectivity index (χ2n) is 6.29. The monoisotopic (exact) mass is 293 g/mol. The molecule has 2 N–H and O–H groups in total. The van der Waals surface area contributed by atoms with Crippen molar-refractivity contribution in [1.82, 2.24) is 0 Å². The van der Waals surface area contributed by atoms with Crippen LogP contribution >= 0.6 is 0 Å². The van der Waals surface area contributed by atoms with E-state index in [1.807, 2.05) is 0 Å². The highest BCUT2D eigenvalue weighted by Crippen LogP contribution is 2.40.